The van der Waals surface area contributed by atoms with E-state index in [4.69, 9.17) is 0 Å². The van der Waals surface area contributed by atoms with Crippen LogP contribution >= 0.6 is 0 Å². The molecule has 0 saturated carbocycles. The average molecular weight is 278 g/mol. The Hall–Kier alpha value is -2.04. The van der Waals surface area contributed by atoms with Crippen LogP contribution in [0.1, 0.15) is 24.8 Å². The van der Waals surface area contributed by atoms with Gasteiger partial charge in [0.25, 0.3) is 0 Å². The number of hydrogen-bond acceptors (Lipinski definition) is 3. The third kappa shape index (κ3) is 6.22. The number of carbonyl (C=O) groups is 2. The van der Waals surface area contributed by atoms with Crippen LogP contribution in [0.25, 0.3) is 0 Å². The van der Waals surface area contributed by atoms with E-state index in [1.807, 2.05) is 30.3 Å². The van der Waals surface area contributed by atoms with Gasteiger partial charge in [-0.1, -0.05) is 30.3 Å². The Morgan fingerprint density at radius 3 is 2.55 bits per heavy atom. The SMILES string of the molecule is COC(=O)CCCCNC(=O)N(C)Cc1ccccc1. The summed E-state index contributed by atoms with van der Waals surface area (Å²) in [6, 6.07) is 9.72. The number of unbranched alkanes of at least 4 members (excludes halogenated alkanes) is 1. The number of methoxy groups -OCH3 is 1. The fourth-order valence-electron chi connectivity index (χ4n) is 1.76. The van der Waals surface area contributed by atoms with Crippen molar-refractivity contribution >= 4 is 12.0 Å². The van der Waals surface area contributed by atoms with Gasteiger partial charge in [0, 0.05) is 26.6 Å². The van der Waals surface area contributed by atoms with Gasteiger partial charge in [0.1, 0.15) is 0 Å². The zero-order chi connectivity index (χ0) is 14.8. The van der Waals surface area contributed by atoms with Crippen molar-refractivity contribution in [3.8, 4) is 0 Å². The third-order valence-corrected chi connectivity index (χ3v) is 2.92. The molecule has 1 aromatic rings. The number of carbonyl (C=O) groups excluding carboxylic acids is 2. The first-order chi connectivity index (χ1) is 9.63. The van der Waals surface area contributed by atoms with E-state index < -0.39 is 0 Å². The Morgan fingerprint density at radius 2 is 1.90 bits per heavy atom. The Bertz CT molecular complexity index is 420. The number of amides is 2. The van der Waals surface area contributed by atoms with Crippen LogP contribution < -0.4 is 5.32 Å². The number of benzene rings is 1. The topological polar surface area (TPSA) is 58.6 Å². The van der Waals surface area contributed by atoms with Crippen LogP contribution in [0, 0.1) is 0 Å². The molecule has 1 rings (SSSR count). The Balaban J connectivity index is 2.17. The fourth-order valence-corrected chi connectivity index (χ4v) is 1.76. The van der Waals surface area contributed by atoms with E-state index in [1.165, 1.54) is 7.11 Å². The molecule has 2 amide bonds. The largest absolute Gasteiger partial charge is 0.469 e. The van der Waals surface area contributed by atoms with Gasteiger partial charge in [-0.2, -0.15) is 0 Å². The molecule has 110 valence electrons. The number of ether oxygens (including phenoxy) is 1. The van der Waals surface area contributed by atoms with Gasteiger partial charge < -0.3 is 15.0 Å². The summed E-state index contributed by atoms with van der Waals surface area (Å²) in [4.78, 5) is 24.4. The second-order valence-electron chi connectivity index (χ2n) is 4.61. The molecule has 0 aromatic heterocycles. The van der Waals surface area contributed by atoms with Crippen molar-refractivity contribution in [3.63, 3.8) is 0 Å². The van der Waals surface area contributed by atoms with Crippen molar-refractivity contribution in [1.29, 1.82) is 0 Å². The van der Waals surface area contributed by atoms with Crippen LogP contribution in [0.15, 0.2) is 30.3 Å². The summed E-state index contributed by atoms with van der Waals surface area (Å²) in [7, 11) is 3.14. The van der Waals surface area contributed by atoms with Crippen LogP contribution in [0.4, 0.5) is 4.79 Å². The Labute approximate surface area is 119 Å². The summed E-state index contributed by atoms with van der Waals surface area (Å²) >= 11 is 0. The highest BCUT2D eigenvalue weighted by molar-refractivity contribution is 5.73. The summed E-state index contributed by atoms with van der Waals surface area (Å²) < 4.78 is 4.55. The van der Waals surface area contributed by atoms with Crippen molar-refractivity contribution in [1.82, 2.24) is 10.2 Å². The standard InChI is InChI=1S/C15H22N2O3/c1-17(12-13-8-4-3-5-9-13)15(19)16-11-7-6-10-14(18)20-2/h3-5,8-9H,6-7,10-12H2,1-2H3,(H,16,19). The minimum Gasteiger partial charge on any atom is -0.469 e. The van der Waals surface area contributed by atoms with E-state index in [9.17, 15) is 9.59 Å². The molecule has 1 aromatic carbocycles. The Morgan fingerprint density at radius 1 is 1.20 bits per heavy atom. The second kappa shape index (κ2) is 8.96. The highest BCUT2D eigenvalue weighted by atomic mass is 16.5. The summed E-state index contributed by atoms with van der Waals surface area (Å²) in [6.07, 6.45) is 1.88. The van der Waals surface area contributed by atoms with Crippen molar-refractivity contribution in [2.24, 2.45) is 0 Å². The molecule has 0 fully saturated rings. The van der Waals surface area contributed by atoms with Crippen LogP contribution in [-0.2, 0) is 16.1 Å². The molecular weight excluding hydrogens is 256 g/mol. The van der Waals surface area contributed by atoms with Gasteiger partial charge in [-0.05, 0) is 18.4 Å². The molecule has 0 unspecified atom stereocenters. The minimum atomic E-state index is -0.211. The van der Waals surface area contributed by atoms with E-state index in [2.05, 4.69) is 10.1 Å². The number of hydrogen-bond donors (Lipinski definition) is 1. The predicted octanol–water partition coefficient (Wildman–Crippen LogP) is 2.17. The van der Waals surface area contributed by atoms with Crippen molar-refractivity contribution in [3.05, 3.63) is 35.9 Å². The van der Waals surface area contributed by atoms with Crippen LogP contribution in [0.3, 0.4) is 0 Å². The van der Waals surface area contributed by atoms with Gasteiger partial charge in [0.2, 0.25) is 0 Å². The lowest BCUT2D eigenvalue weighted by atomic mass is 10.2. The normalized spacial score (nSPS) is 9.90. The quantitative estimate of drug-likeness (QED) is 0.614. The first kappa shape index (κ1) is 16.0. The lowest BCUT2D eigenvalue weighted by Crippen LogP contribution is -2.37. The van der Waals surface area contributed by atoms with Crippen molar-refractivity contribution in [2.75, 3.05) is 20.7 Å². The molecule has 0 spiro atoms. The molecule has 0 radical (unpaired) electrons. The molecule has 20 heavy (non-hydrogen) atoms. The zero-order valence-corrected chi connectivity index (χ0v) is 12.1. The number of esters is 1. The first-order valence-corrected chi connectivity index (χ1v) is 6.73. The maximum absolute atomic E-state index is 11.8. The molecular formula is C15H22N2O3. The van der Waals surface area contributed by atoms with E-state index in [0.717, 1.165) is 18.4 Å². The molecule has 0 saturated heterocycles. The number of urea groups is 1. The average Bonchev–Trinajstić information content (AvgIpc) is 2.47. The van der Waals surface area contributed by atoms with Crippen LogP contribution in [0.5, 0.6) is 0 Å². The number of nitrogens with zero attached hydrogens (tertiary/aromatic N) is 1. The number of rotatable bonds is 7. The fraction of sp³-hybridized carbons (Fsp3) is 0.467. The monoisotopic (exact) mass is 278 g/mol. The van der Waals surface area contributed by atoms with Crippen LogP contribution in [-0.4, -0.2) is 37.6 Å². The maximum Gasteiger partial charge on any atom is 0.317 e. The molecule has 5 nitrogen and oxygen atoms in total. The molecule has 1 N–H and O–H groups in total. The second-order valence-corrected chi connectivity index (χ2v) is 4.61. The molecule has 5 heteroatoms. The smallest absolute Gasteiger partial charge is 0.317 e. The first-order valence-electron chi connectivity index (χ1n) is 6.73. The van der Waals surface area contributed by atoms with Gasteiger partial charge in [-0.25, -0.2) is 4.79 Å². The summed E-state index contributed by atoms with van der Waals surface area (Å²) in [5.41, 5.74) is 1.09. The molecule has 0 aliphatic carbocycles. The van der Waals surface area contributed by atoms with Gasteiger partial charge >= 0.3 is 12.0 Å². The van der Waals surface area contributed by atoms with Gasteiger partial charge in [0.05, 0.1) is 7.11 Å². The van der Waals surface area contributed by atoms with Crippen LogP contribution in [0.2, 0.25) is 0 Å². The lowest BCUT2D eigenvalue weighted by Gasteiger charge is -2.18. The molecule has 0 bridgehead atoms. The summed E-state index contributed by atoms with van der Waals surface area (Å²) in [5.74, 6) is -0.211. The van der Waals surface area contributed by atoms with Gasteiger partial charge in [-0.15, -0.1) is 0 Å². The lowest BCUT2D eigenvalue weighted by molar-refractivity contribution is -0.140. The van der Waals surface area contributed by atoms with E-state index in [-0.39, 0.29) is 12.0 Å². The number of nitrogens with one attached hydrogen (secondary N) is 1. The Kier molecular flexibility index (Phi) is 7.17. The van der Waals surface area contributed by atoms with Gasteiger partial charge in [0.15, 0.2) is 0 Å². The van der Waals surface area contributed by atoms with Crippen molar-refractivity contribution in [2.45, 2.75) is 25.8 Å². The summed E-state index contributed by atoms with van der Waals surface area (Å²) in [5, 5.41) is 2.83. The maximum atomic E-state index is 11.8. The highest BCUT2D eigenvalue weighted by Crippen LogP contribution is 2.02. The molecule has 0 atom stereocenters. The molecule has 0 aliphatic rings. The van der Waals surface area contributed by atoms with E-state index in [1.54, 1.807) is 11.9 Å². The molecule has 0 aliphatic heterocycles. The van der Waals surface area contributed by atoms with Gasteiger partial charge in [-0.3, -0.25) is 4.79 Å². The third-order valence-electron chi connectivity index (χ3n) is 2.92. The van der Waals surface area contributed by atoms with Crippen molar-refractivity contribution < 1.29 is 14.3 Å². The summed E-state index contributed by atoms with van der Waals surface area (Å²) in [6.45, 7) is 1.14. The zero-order valence-electron chi connectivity index (χ0n) is 12.1. The molecule has 0 heterocycles. The minimum absolute atomic E-state index is 0.105. The predicted molar refractivity (Wildman–Crippen MR) is 77.2 cm³/mol. The van der Waals surface area contributed by atoms with E-state index in [0.29, 0.717) is 19.5 Å². The van der Waals surface area contributed by atoms with E-state index >= 15 is 0 Å². The highest BCUT2D eigenvalue weighted by Gasteiger charge is 2.08.